The minimum Gasteiger partial charge on any atom is -0.484 e. The average Bonchev–Trinajstić information content (AvgIpc) is 2.63. The molecule has 0 saturated carbocycles. The van der Waals surface area contributed by atoms with E-state index in [1.165, 1.54) is 0 Å². The first-order valence-electron chi connectivity index (χ1n) is 9.60. The molecule has 1 atom stereocenters. The van der Waals surface area contributed by atoms with Crippen LogP contribution in [-0.4, -0.2) is 34.9 Å². The van der Waals surface area contributed by atoms with E-state index in [1.54, 1.807) is 11.8 Å². The maximum atomic E-state index is 13.0. The van der Waals surface area contributed by atoms with Crippen LogP contribution >= 0.6 is 15.9 Å². The monoisotopic (exact) mass is 460 g/mol. The second-order valence-electron chi connectivity index (χ2n) is 8.17. The maximum absolute atomic E-state index is 13.0. The van der Waals surface area contributed by atoms with Gasteiger partial charge in [0.25, 0.3) is 5.91 Å². The first kappa shape index (κ1) is 22.9. The predicted octanol–water partition coefficient (Wildman–Crippen LogP) is 4.47. The van der Waals surface area contributed by atoms with Crippen molar-refractivity contribution >= 4 is 27.7 Å². The molecule has 2 rings (SSSR count). The van der Waals surface area contributed by atoms with Crippen LogP contribution in [0.1, 0.15) is 38.8 Å². The van der Waals surface area contributed by atoms with Crippen molar-refractivity contribution in [3.05, 3.63) is 64.1 Å². The third-order valence-corrected chi connectivity index (χ3v) is 4.78. The number of carbonyl (C=O) groups excluding carboxylic acids is 2. The molecule has 5 nitrogen and oxygen atoms in total. The van der Waals surface area contributed by atoms with Crippen molar-refractivity contribution in [2.75, 3.05) is 6.61 Å². The van der Waals surface area contributed by atoms with Crippen molar-refractivity contribution in [2.24, 2.45) is 0 Å². The van der Waals surface area contributed by atoms with Crippen LogP contribution in [0.2, 0.25) is 0 Å². The fourth-order valence-electron chi connectivity index (χ4n) is 2.75. The fraction of sp³-hybridized carbons (Fsp3) is 0.391. The summed E-state index contributed by atoms with van der Waals surface area (Å²) < 4.78 is 6.59. The van der Waals surface area contributed by atoms with Crippen molar-refractivity contribution in [1.29, 1.82) is 0 Å². The van der Waals surface area contributed by atoms with Crippen LogP contribution in [0.5, 0.6) is 5.75 Å². The summed E-state index contributed by atoms with van der Waals surface area (Å²) in [5, 5.41) is 2.95. The normalized spacial score (nSPS) is 12.2. The Kier molecular flexibility index (Phi) is 7.85. The molecular weight excluding hydrogens is 432 g/mol. The van der Waals surface area contributed by atoms with Gasteiger partial charge in [0.15, 0.2) is 6.61 Å². The van der Waals surface area contributed by atoms with Crippen molar-refractivity contribution in [2.45, 2.75) is 52.7 Å². The smallest absolute Gasteiger partial charge is 0.261 e. The van der Waals surface area contributed by atoms with E-state index in [2.05, 4.69) is 21.2 Å². The quantitative estimate of drug-likeness (QED) is 0.662. The summed E-state index contributed by atoms with van der Waals surface area (Å²) in [7, 11) is 0. The van der Waals surface area contributed by atoms with E-state index in [0.717, 1.165) is 15.6 Å². The van der Waals surface area contributed by atoms with Gasteiger partial charge in [-0.1, -0.05) is 45.8 Å². The molecule has 1 unspecified atom stereocenters. The fourth-order valence-corrected chi connectivity index (χ4v) is 3.20. The summed E-state index contributed by atoms with van der Waals surface area (Å²) in [4.78, 5) is 27.3. The number of nitrogens with one attached hydrogen (secondary N) is 1. The Hall–Kier alpha value is -2.34. The van der Waals surface area contributed by atoms with E-state index in [0.29, 0.717) is 12.3 Å². The number of carbonyl (C=O) groups is 2. The summed E-state index contributed by atoms with van der Waals surface area (Å²) in [5.74, 6) is 0.177. The van der Waals surface area contributed by atoms with Crippen LogP contribution in [0, 0.1) is 6.92 Å². The number of hydrogen-bond donors (Lipinski definition) is 1. The maximum Gasteiger partial charge on any atom is 0.261 e. The number of rotatable bonds is 7. The SMILES string of the molecule is Cc1ccc(OCC(=O)N(Cc2cccc(Br)c2)C(C)C(=O)NC(C)(C)C)cc1. The Morgan fingerprint density at radius 1 is 1.14 bits per heavy atom. The topological polar surface area (TPSA) is 58.6 Å². The predicted molar refractivity (Wildman–Crippen MR) is 119 cm³/mol. The van der Waals surface area contributed by atoms with Gasteiger partial charge >= 0.3 is 0 Å². The standard InChI is InChI=1S/C23H29BrN2O3/c1-16-9-11-20(12-10-16)29-15-21(27)26(14-18-7-6-8-19(24)13-18)17(2)22(28)25-23(3,4)5/h6-13,17H,14-15H2,1-5H3,(H,25,28). The second-order valence-corrected chi connectivity index (χ2v) is 9.08. The highest BCUT2D eigenvalue weighted by atomic mass is 79.9. The molecule has 6 heteroatoms. The number of ether oxygens (including phenoxy) is 1. The summed E-state index contributed by atoms with van der Waals surface area (Å²) >= 11 is 3.45. The molecule has 156 valence electrons. The van der Waals surface area contributed by atoms with Crippen molar-refractivity contribution in [3.63, 3.8) is 0 Å². The zero-order chi connectivity index (χ0) is 21.6. The lowest BCUT2D eigenvalue weighted by Crippen LogP contribution is -2.53. The molecule has 0 heterocycles. The lowest BCUT2D eigenvalue weighted by molar-refractivity contribution is -0.142. The number of benzene rings is 2. The highest BCUT2D eigenvalue weighted by molar-refractivity contribution is 9.10. The lowest BCUT2D eigenvalue weighted by atomic mass is 10.1. The third-order valence-electron chi connectivity index (χ3n) is 4.29. The molecule has 0 spiro atoms. The average molecular weight is 461 g/mol. The first-order chi connectivity index (χ1) is 13.5. The van der Waals surface area contributed by atoms with E-state index in [4.69, 9.17) is 4.74 Å². The van der Waals surface area contributed by atoms with Crippen LogP contribution in [0.15, 0.2) is 53.0 Å². The third kappa shape index (κ3) is 7.54. The Balaban J connectivity index is 2.16. The van der Waals surface area contributed by atoms with Crippen molar-refractivity contribution in [3.8, 4) is 5.75 Å². The van der Waals surface area contributed by atoms with Crippen LogP contribution in [-0.2, 0) is 16.1 Å². The van der Waals surface area contributed by atoms with Crippen LogP contribution in [0.4, 0.5) is 0 Å². The number of halogens is 1. The van der Waals surface area contributed by atoms with Gasteiger partial charge in [-0.25, -0.2) is 0 Å². The van der Waals surface area contributed by atoms with E-state index >= 15 is 0 Å². The summed E-state index contributed by atoms with van der Waals surface area (Å²) in [6, 6.07) is 14.6. The van der Waals surface area contributed by atoms with E-state index < -0.39 is 6.04 Å². The molecule has 0 radical (unpaired) electrons. The summed E-state index contributed by atoms with van der Waals surface area (Å²) in [6.45, 7) is 9.65. The molecule has 1 N–H and O–H groups in total. The van der Waals surface area contributed by atoms with Gasteiger partial charge < -0.3 is 15.0 Å². The minimum atomic E-state index is -0.637. The van der Waals surface area contributed by atoms with E-state index in [1.807, 2.05) is 76.2 Å². The molecule has 0 aliphatic carbocycles. The Labute approximate surface area is 181 Å². The molecular formula is C23H29BrN2O3. The highest BCUT2D eigenvalue weighted by Gasteiger charge is 2.28. The van der Waals surface area contributed by atoms with Gasteiger partial charge in [-0.05, 0) is 64.4 Å². The van der Waals surface area contributed by atoms with Crippen molar-refractivity contribution in [1.82, 2.24) is 10.2 Å². The number of amides is 2. The van der Waals surface area contributed by atoms with Crippen LogP contribution in [0.3, 0.4) is 0 Å². The van der Waals surface area contributed by atoms with Gasteiger partial charge in [-0.3, -0.25) is 9.59 Å². The van der Waals surface area contributed by atoms with Crippen molar-refractivity contribution < 1.29 is 14.3 Å². The van der Waals surface area contributed by atoms with E-state index in [-0.39, 0.29) is 24.0 Å². The van der Waals surface area contributed by atoms with Gasteiger partial charge in [-0.15, -0.1) is 0 Å². The van der Waals surface area contributed by atoms with Gasteiger partial charge in [0.1, 0.15) is 11.8 Å². The summed E-state index contributed by atoms with van der Waals surface area (Å²) in [5.41, 5.74) is 1.67. The van der Waals surface area contributed by atoms with Gasteiger partial charge in [0, 0.05) is 16.6 Å². The molecule has 0 aliphatic rings. The molecule has 2 aromatic rings. The van der Waals surface area contributed by atoms with Gasteiger partial charge in [0.2, 0.25) is 5.91 Å². The molecule has 2 aromatic carbocycles. The molecule has 0 fully saturated rings. The number of nitrogens with zero attached hydrogens (tertiary/aromatic N) is 1. The zero-order valence-corrected chi connectivity index (χ0v) is 19.2. The highest BCUT2D eigenvalue weighted by Crippen LogP contribution is 2.17. The molecule has 29 heavy (non-hydrogen) atoms. The Morgan fingerprint density at radius 3 is 2.38 bits per heavy atom. The van der Waals surface area contributed by atoms with E-state index in [9.17, 15) is 9.59 Å². The van der Waals surface area contributed by atoms with Gasteiger partial charge in [-0.2, -0.15) is 0 Å². The van der Waals surface area contributed by atoms with Crippen LogP contribution < -0.4 is 10.1 Å². The number of hydrogen-bond acceptors (Lipinski definition) is 3. The Bertz CT molecular complexity index is 844. The lowest BCUT2D eigenvalue weighted by Gasteiger charge is -2.31. The zero-order valence-electron chi connectivity index (χ0n) is 17.7. The Morgan fingerprint density at radius 2 is 1.79 bits per heavy atom. The van der Waals surface area contributed by atoms with Gasteiger partial charge in [0.05, 0.1) is 0 Å². The molecule has 0 saturated heterocycles. The summed E-state index contributed by atoms with van der Waals surface area (Å²) in [6.07, 6.45) is 0. The largest absolute Gasteiger partial charge is 0.484 e. The number of aryl methyl sites for hydroxylation is 1. The molecule has 0 bridgehead atoms. The molecule has 0 aliphatic heterocycles. The minimum absolute atomic E-state index is 0.135. The molecule has 0 aromatic heterocycles. The first-order valence-corrected chi connectivity index (χ1v) is 10.4. The second kappa shape index (κ2) is 9.92. The molecule has 2 amide bonds. The van der Waals surface area contributed by atoms with Crippen LogP contribution in [0.25, 0.3) is 0 Å².